The molecule has 5 nitrogen and oxygen atoms in total. The number of aliphatic hydroxyl groups excluding tert-OH is 1. The van der Waals surface area contributed by atoms with E-state index in [1.165, 1.54) is 0 Å². The summed E-state index contributed by atoms with van der Waals surface area (Å²) in [5.74, 6) is 0.513. The van der Waals surface area contributed by atoms with E-state index in [0.29, 0.717) is 24.0 Å². The lowest BCUT2D eigenvalue weighted by atomic mass is 10.1. The summed E-state index contributed by atoms with van der Waals surface area (Å²) in [6, 6.07) is -0.113. The summed E-state index contributed by atoms with van der Waals surface area (Å²) in [5, 5.41) is 12.7. The highest BCUT2D eigenvalue weighted by Gasteiger charge is 2.35. The molecule has 22 heavy (non-hydrogen) atoms. The quantitative estimate of drug-likeness (QED) is 0.675. The van der Waals surface area contributed by atoms with E-state index < -0.39 is 6.10 Å². The van der Waals surface area contributed by atoms with Crippen LogP contribution in [0.4, 0.5) is 0 Å². The first kappa shape index (κ1) is 19.5. The first-order chi connectivity index (χ1) is 10.3. The molecule has 0 aromatic rings. The average Bonchev–Trinajstić information content (AvgIpc) is 2.83. The Morgan fingerprint density at radius 2 is 2.05 bits per heavy atom. The van der Waals surface area contributed by atoms with Crippen LogP contribution in [0.2, 0.25) is 0 Å². The molecule has 1 heterocycles. The molecule has 3 atom stereocenters. The standard InChI is InChI=1S/C15H25BrN2O3S/c1-9(2)13(16)15(21)18-7-10(3)11(8-18)17-14(20)12(19)5-6-22-4/h10-12,19H,5-8H2,1-4H3,(H,17,20)/t10-,11+,12?/m1/s1. The Kier molecular flexibility index (Phi) is 7.93. The zero-order valence-corrected chi connectivity index (χ0v) is 16.0. The molecule has 7 heteroatoms. The molecular formula is C15H25BrN2O3S. The van der Waals surface area contributed by atoms with Crippen molar-refractivity contribution in [3.05, 3.63) is 10.1 Å². The van der Waals surface area contributed by atoms with E-state index in [4.69, 9.17) is 0 Å². The van der Waals surface area contributed by atoms with Crippen molar-refractivity contribution in [2.45, 2.75) is 39.3 Å². The lowest BCUT2D eigenvalue weighted by molar-refractivity contribution is -0.130. The van der Waals surface area contributed by atoms with E-state index in [2.05, 4.69) is 21.2 Å². The van der Waals surface area contributed by atoms with Gasteiger partial charge in [-0.25, -0.2) is 0 Å². The largest absolute Gasteiger partial charge is 0.383 e. The van der Waals surface area contributed by atoms with Gasteiger partial charge in [0.1, 0.15) is 6.10 Å². The highest BCUT2D eigenvalue weighted by molar-refractivity contribution is 9.12. The molecule has 0 aliphatic carbocycles. The summed E-state index contributed by atoms with van der Waals surface area (Å²) < 4.78 is 0.576. The topological polar surface area (TPSA) is 69.6 Å². The van der Waals surface area contributed by atoms with E-state index in [0.717, 1.165) is 11.3 Å². The number of aliphatic hydroxyl groups is 1. The predicted octanol–water partition coefficient (Wildman–Crippen LogP) is 1.75. The number of rotatable bonds is 6. The molecule has 1 saturated heterocycles. The molecule has 0 aromatic carbocycles. The average molecular weight is 393 g/mol. The zero-order chi connectivity index (χ0) is 16.9. The van der Waals surface area contributed by atoms with Crippen LogP contribution in [0.15, 0.2) is 10.1 Å². The van der Waals surface area contributed by atoms with E-state index in [1.807, 2.05) is 27.0 Å². The number of hydrogen-bond donors (Lipinski definition) is 2. The van der Waals surface area contributed by atoms with Gasteiger partial charge in [-0.1, -0.05) is 12.5 Å². The van der Waals surface area contributed by atoms with Crippen LogP contribution < -0.4 is 5.32 Å². The fourth-order valence-electron chi connectivity index (χ4n) is 2.31. The lowest BCUT2D eigenvalue weighted by Gasteiger charge is -2.19. The Morgan fingerprint density at radius 1 is 1.41 bits per heavy atom. The minimum atomic E-state index is -0.978. The van der Waals surface area contributed by atoms with Crippen LogP contribution in [0.25, 0.3) is 0 Å². The number of nitrogens with one attached hydrogen (secondary N) is 1. The molecular weight excluding hydrogens is 368 g/mol. The first-order valence-electron chi connectivity index (χ1n) is 7.37. The molecule has 0 radical (unpaired) electrons. The van der Waals surface area contributed by atoms with Gasteiger partial charge in [-0.05, 0) is 54.1 Å². The molecule has 0 spiro atoms. The third-order valence-corrected chi connectivity index (χ3v) is 5.53. The number of carbonyl (C=O) groups is 2. The van der Waals surface area contributed by atoms with Crippen molar-refractivity contribution >= 4 is 39.5 Å². The van der Waals surface area contributed by atoms with Crippen molar-refractivity contribution in [2.75, 3.05) is 25.1 Å². The number of likely N-dealkylation sites (tertiary alicyclic amines) is 1. The molecule has 1 fully saturated rings. The second-order valence-corrected chi connectivity index (χ2v) is 7.69. The van der Waals surface area contributed by atoms with Crippen LogP contribution in [0.1, 0.15) is 27.2 Å². The maximum absolute atomic E-state index is 12.3. The van der Waals surface area contributed by atoms with Gasteiger partial charge in [0.25, 0.3) is 5.91 Å². The number of nitrogens with zero attached hydrogens (tertiary/aromatic N) is 1. The summed E-state index contributed by atoms with van der Waals surface area (Å²) in [5.41, 5.74) is 0.928. The van der Waals surface area contributed by atoms with Gasteiger partial charge in [0, 0.05) is 13.1 Å². The van der Waals surface area contributed by atoms with Crippen molar-refractivity contribution in [1.29, 1.82) is 0 Å². The second kappa shape index (κ2) is 8.93. The molecule has 0 saturated carbocycles. The van der Waals surface area contributed by atoms with E-state index in [-0.39, 0.29) is 23.8 Å². The van der Waals surface area contributed by atoms with Gasteiger partial charge in [0.2, 0.25) is 5.91 Å². The van der Waals surface area contributed by atoms with Crippen LogP contribution in [0.3, 0.4) is 0 Å². The molecule has 1 aliphatic rings. The molecule has 0 bridgehead atoms. The van der Waals surface area contributed by atoms with Crippen molar-refractivity contribution in [3.63, 3.8) is 0 Å². The van der Waals surface area contributed by atoms with Gasteiger partial charge in [0.15, 0.2) is 0 Å². The van der Waals surface area contributed by atoms with Crippen LogP contribution >= 0.6 is 27.7 Å². The maximum Gasteiger partial charge on any atom is 0.260 e. The van der Waals surface area contributed by atoms with Crippen molar-refractivity contribution in [3.8, 4) is 0 Å². The van der Waals surface area contributed by atoms with Crippen molar-refractivity contribution in [2.24, 2.45) is 5.92 Å². The number of hydrogen-bond acceptors (Lipinski definition) is 4. The van der Waals surface area contributed by atoms with Gasteiger partial charge in [0.05, 0.1) is 10.5 Å². The Balaban J connectivity index is 2.59. The van der Waals surface area contributed by atoms with Crippen LogP contribution in [0.5, 0.6) is 0 Å². The van der Waals surface area contributed by atoms with Gasteiger partial charge in [-0.15, -0.1) is 0 Å². The minimum Gasteiger partial charge on any atom is -0.383 e. The molecule has 2 amide bonds. The zero-order valence-electron chi connectivity index (χ0n) is 13.6. The summed E-state index contributed by atoms with van der Waals surface area (Å²) >= 11 is 4.92. The predicted molar refractivity (Wildman–Crippen MR) is 94.0 cm³/mol. The van der Waals surface area contributed by atoms with Crippen LogP contribution in [0, 0.1) is 5.92 Å². The summed E-state index contributed by atoms with van der Waals surface area (Å²) in [6.07, 6.45) is 1.41. The Morgan fingerprint density at radius 3 is 2.59 bits per heavy atom. The SMILES string of the molecule is CSCCC(O)C(=O)N[C@H]1CN(C(=O)C(Br)=C(C)C)C[C@H]1C. The van der Waals surface area contributed by atoms with Crippen molar-refractivity contribution < 1.29 is 14.7 Å². The number of amides is 2. The Hall–Kier alpha value is -0.530. The molecule has 0 aromatic heterocycles. The molecule has 1 unspecified atom stereocenters. The van der Waals surface area contributed by atoms with E-state index in [9.17, 15) is 14.7 Å². The number of halogens is 1. The molecule has 1 aliphatic heterocycles. The number of carbonyl (C=O) groups excluding carboxylic acids is 2. The normalized spacial score (nSPS) is 22.4. The van der Waals surface area contributed by atoms with Gasteiger partial charge >= 0.3 is 0 Å². The van der Waals surface area contributed by atoms with Gasteiger partial charge in [-0.3, -0.25) is 9.59 Å². The van der Waals surface area contributed by atoms with E-state index in [1.54, 1.807) is 16.7 Å². The summed E-state index contributed by atoms with van der Waals surface area (Å²) in [6.45, 7) is 6.84. The molecule has 1 rings (SSSR count). The van der Waals surface area contributed by atoms with E-state index >= 15 is 0 Å². The third kappa shape index (κ3) is 5.28. The highest BCUT2D eigenvalue weighted by atomic mass is 79.9. The maximum atomic E-state index is 12.3. The number of allylic oxidation sites excluding steroid dienone is 1. The fourth-order valence-corrected chi connectivity index (χ4v) is 3.02. The molecule has 2 N–H and O–H groups in total. The highest BCUT2D eigenvalue weighted by Crippen LogP contribution is 2.22. The molecule has 126 valence electrons. The van der Waals surface area contributed by atoms with Crippen molar-refractivity contribution in [1.82, 2.24) is 10.2 Å². The fraction of sp³-hybridized carbons (Fsp3) is 0.733. The second-order valence-electron chi connectivity index (χ2n) is 5.91. The van der Waals surface area contributed by atoms with Gasteiger partial charge in [-0.2, -0.15) is 11.8 Å². The Bertz CT molecular complexity index is 452. The number of thioether (sulfide) groups is 1. The monoisotopic (exact) mass is 392 g/mol. The first-order valence-corrected chi connectivity index (χ1v) is 9.56. The summed E-state index contributed by atoms with van der Waals surface area (Å²) in [4.78, 5) is 26.0. The minimum absolute atomic E-state index is 0.0495. The van der Waals surface area contributed by atoms with Gasteiger partial charge < -0.3 is 15.3 Å². The lowest BCUT2D eigenvalue weighted by Crippen LogP contribution is -2.45. The van der Waals surface area contributed by atoms with Crippen LogP contribution in [-0.4, -0.2) is 59.1 Å². The third-order valence-electron chi connectivity index (χ3n) is 3.75. The smallest absolute Gasteiger partial charge is 0.260 e. The Labute approximate surface area is 145 Å². The summed E-state index contributed by atoms with van der Waals surface area (Å²) in [7, 11) is 0. The van der Waals surface area contributed by atoms with Crippen LogP contribution in [-0.2, 0) is 9.59 Å².